The van der Waals surface area contributed by atoms with Crippen LogP contribution in [0.3, 0.4) is 0 Å². The molecule has 0 unspecified atom stereocenters. The molecule has 4 rings (SSSR count). The van der Waals surface area contributed by atoms with Crippen LogP contribution >= 0.6 is 0 Å². The number of hydrogen-bond donors (Lipinski definition) is 0. The summed E-state index contributed by atoms with van der Waals surface area (Å²) in [4.78, 5) is 2.22. The summed E-state index contributed by atoms with van der Waals surface area (Å²) in [5.74, 6) is 3.04. The van der Waals surface area contributed by atoms with Crippen LogP contribution in [0.15, 0.2) is 96.6 Å². The monoisotopic (exact) mass is 343 g/mol. The highest BCUT2D eigenvalue weighted by molar-refractivity contribution is 5.43. The van der Waals surface area contributed by atoms with Gasteiger partial charge >= 0.3 is 0 Å². The van der Waals surface area contributed by atoms with Gasteiger partial charge in [0.1, 0.15) is 0 Å². The lowest BCUT2D eigenvalue weighted by Gasteiger charge is -2.31. The minimum absolute atomic E-state index is 0.744. The second kappa shape index (κ2) is 7.36. The van der Waals surface area contributed by atoms with Crippen molar-refractivity contribution in [2.24, 2.45) is 0 Å². The van der Waals surface area contributed by atoms with Crippen LogP contribution in [0.5, 0.6) is 11.5 Å². The van der Waals surface area contributed by atoms with Crippen molar-refractivity contribution in [2.45, 2.75) is 20.0 Å². The van der Waals surface area contributed by atoms with E-state index in [9.17, 15) is 0 Å². The molecule has 0 N–H and O–H groups in total. The summed E-state index contributed by atoms with van der Waals surface area (Å²) in [5, 5.41) is 0. The molecular weight excluding hydrogens is 322 g/mol. The lowest BCUT2D eigenvalue weighted by Crippen LogP contribution is -2.29. The Hall–Kier alpha value is -3.20. The predicted molar refractivity (Wildman–Crippen MR) is 103 cm³/mol. The number of rotatable bonds is 5. The Balaban J connectivity index is 1.66. The Morgan fingerprint density at radius 2 is 1.08 bits per heavy atom. The fourth-order valence-corrected chi connectivity index (χ4v) is 3.10. The summed E-state index contributed by atoms with van der Waals surface area (Å²) < 4.78 is 12.2. The molecule has 3 heteroatoms. The van der Waals surface area contributed by atoms with Crippen LogP contribution < -0.4 is 9.47 Å². The van der Waals surface area contributed by atoms with Gasteiger partial charge in [0.05, 0.1) is 0 Å². The van der Waals surface area contributed by atoms with Crippen LogP contribution in [-0.4, -0.2) is 4.90 Å². The van der Waals surface area contributed by atoms with Gasteiger partial charge in [0.25, 0.3) is 0 Å². The fourth-order valence-electron chi connectivity index (χ4n) is 3.10. The predicted octanol–water partition coefficient (Wildman–Crippen LogP) is 5.35. The standard InChI is InChI=1S/C23H21NO2/c1-18-23(26-22-15-9-8-14-21(22)25-18)24(16-19-10-4-2-5-11-19)17-20-12-6-3-7-13-20/h2-15H,16-17H2,1H3. The van der Waals surface area contributed by atoms with E-state index in [2.05, 4.69) is 53.4 Å². The van der Waals surface area contributed by atoms with E-state index in [0.29, 0.717) is 0 Å². The van der Waals surface area contributed by atoms with Gasteiger partial charge < -0.3 is 14.4 Å². The molecule has 3 aromatic carbocycles. The lowest BCUT2D eigenvalue weighted by atomic mass is 10.1. The molecule has 0 spiro atoms. The Kier molecular flexibility index (Phi) is 4.61. The molecule has 3 nitrogen and oxygen atoms in total. The van der Waals surface area contributed by atoms with Gasteiger partial charge in [0.15, 0.2) is 17.3 Å². The lowest BCUT2D eigenvalue weighted by molar-refractivity contribution is 0.158. The minimum Gasteiger partial charge on any atom is -0.453 e. The fraction of sp³-hybridized carbons (Fsp3) is 0.130. The van der Waals surface area contributed by atoms with E-state index in [-0.39, 0.29) is 0 Å². The molecule has 0 amide bonds. The zero-order chi connectivity index (χ0) is 17.8. The molecule has 1 heterocycles. The van der Waals surface area contributed by atoms with Crippen molar-refractivity contribution in [2.75, 3.05) is 0 Å². The number of fused-ring (bicyclic) bond motifs is 1. The van der Waals surface area contributed by atoms with Crippen LogP contribution in [0.4, 0.5) is 0 Å². The first kappa shape index (κ1) is 16.3. The Morgan fingerprint density at radius 3 is 1.62 bits per heavy atom. The molecule has 3 aromatic rings. The number of nitrogens with zero attached hydrogens (tertiary/aromatic N) is 1. The van der Waals surface area contributed by atoms with Crippen molar-refractivity contribution in [3.8, 4) is 11.5 Å². The molecule has 1 aliphatic rings. The van der Waals surface area contributed by atoms with Gasteiger partial charge in [-0.3, -0.25) is 0 Å². The Morgan fingerprint density at radius 1 is 0.615 bits per heavy atom. The number of allylic oxidation sites excluding steroid dienone is 1. The molecule has 0 bridgehead atoms. The second-order valence-electron chi connectivity index (χ2n) is 6.34. The third-order valence-electron chi connectivity index (χ3n) is 4.34. The van der Waals surface area contributed by atoms with Gasteiger partial charge in [0, 0.05) is 13.1 Å². The van der Waals surface area contributed by atoms with Gasteiger partial charge in [-0.1, -0.05) is 72.8 Å². The molecule has 26 heavy (non-hydrogen) atoms. The van der Waals surface area contributed by atoms with Crippen LogP contribution in [0, 0.1) is 0 Å². The third-order valence-corrected chi connectivity index (χ3v) is 4.34. The van der Waals surface area contributed by atoms with Crippen molar-refractivity contribution >= 4 is 0 Å². The maximum absolute atomic E-state index is 6.23. The van der Waals surface area contributed by atoms with Crippen LogP contribution in [0.2, 0.25) is 0 Å². The molecule has 130 valence electrons. The highest BCUT2D eigenvalue weighted by Gasteiger charge is 2.24. The molecule has 0 aliphatic carbocycles. The largest absolute Gasteiger partial charge is 0.453 e. The zero-order valence-corrected chi connectivity index (χ0v) is 14.8. The quantitative estimate of drug-likeness (QED) is 0.623. The van der Waals surface area contributed by atoms with Crippen molar-refractivity contribution in [1.29, 1.82) is 0 Å². The second-order valence-corrected chi connectivity index (χ2v) is 6.34. The molecule has 0 aromatic heterocycles. The molecule has 0 radical (unpaired) electrons. The summed E-state index contributed by atoms with van der Waals surface area (Å²) in [6, 6.07) is 28.6. The van der Waals surface area contributed by atoms with Crippen molar-refractivity contribution in [3.63, 3.8) is 0 Å². The van der Waals surface area contributed by atoms with Crippen LogP contribution in [0.25, 0.3) is 0 Å². The zero-order valence-electron chi connectivity index (χ0n) is 14.8. The van der Waals surface area contributed by atoms with E-state index in [1.165, 1.54) is 11.1 Å². The molecule has 1 aliphatic heterocycles. The van der Waals surface area contributed by atoms with Gasteiger partial charge in [-0.2, -0.15) is 0 Å². The Labute approximate surface area is 154 Å². The maximum atomic E-state index is 6.23. The smallest absolute Gasteiger partial charge is 0.235 e. The normalized spacial score (nSPS) is 12.8. The molecular formula is C23H21NO2. The van der Waals surface area contributed by atoms with E-state index in [4.69, 9.17) is 9.47 Å². The summed E-state index contributed by atoms with van der Waals surface area (Å²) in [5.41, 5.74) is 2.46. The summed E-state index contributed by atoms with van der Waals surface area (Å²) >= 11 is 0. The highest BCUT2D eigenvalue weighted by atomic mass is 16.6. The number of benzene rings is 3. The number of ether oxygens (including phenoxy) is 2. The van der Waals surface area contributed by atoms with Gasteiger partial charge in [-0.05, 0) is 30.2 Å². The van der Waals surface area contributed by atoms with Crippen LogP contribution in [0.1, 0.15) is 18.1 Å². The summed E-state index contributed by atoms with van der Waals surface area (Å²) in [6.07, 6.45) is 0. The van der Waals surface area contributed by atoms with E-state index >= 15 is 0 Å². The molecule has 0 atom stereocenters. The average molecular weight is 343 g/mol. The minimum atomic E-state index is 0.744. The van der Waals surface area contributed by atoms with Crippen molar-refractivity contribution in [3.05, 3.63) is 108 Å². The SMILES string of the molecule is CC1=C(N(Cc2ccccc2)Cc2ccccc2)Oc2ccccc2O1. The summed E-state index contributed by atoms with van der Waals surface area (Å²) in [6.45, 7) is 3.44. The van der Waals surface area contributed by atoms with Gasteiger partial charge in [0.2, 0.25) is 5.88 Å². The third kappa shape index (κ3) is 3.57. The number of para-hydroxylation sites is 2. The van der Waals surface area contributed by atoms with Crippen LogP contribution in [-0.2, 0) is 13.1 Å². The Bertz CT molecular complexity index is 862. The van der Waals surface area contributed by atoms with E-state index in [1.807, 2.05) is 43.3 Å². The van der Waals surface area contributed by atoms with Crippen molar-refractivity contribution in [1.82, 2.24) is 4.90 Å². The maximum Gasteiger partial charge on any atom is 0.235 e. The molecule has 0 fully saturated rings. The average Bonchev–Trinajstić information content (AvgIpc) is 2.68. The molecule has 0 saturated heterocycles. The first-order valence-electron chi connectivity index (χ1n) is 8.78. The first-order chi connectivity index (χ1) is 12.8. The van der Waals surface area contributed by atoms with E-state index in [0.717, 1.165) is 36.2 Å². The van der Waals surface area contributed by atoms with E-state index in [1.54, 1.807) is 0 Å². The molecule has 0 saturated carbocycles. The first-order valence-corrected chi connectivity index (χ1v) is 8.78. The van der Waals surface area contributed by atoms with Gasteiger partial charge in [-0.15, -0.1) is 0 Å². The summed E-state index contributed by atoms with van der Waals surface area (Å²) in [7, 11) is 0. The number of hydrogen-bond acceptors (Lipinski definition) is 3. The topological polar surface area (TPSA) is 21.7 Å². The highest BCUT2D eigenvalue weighted by Crippen LogP contribution is 2.36. The van der Waals surface area contributed by atoms with Gasteiger partial charge in [-0.25, -0.2) is 0 Å². The van der Waals surface area contributed by atoms with E-state index < -0.39 is 0 Å². The van der Waals surface area contributed by atoms with Crippen molar-refractivity contribution < 1.29 is 9.47 Å².